The maximum absolute atomic E-state index is 14.4. The minimum absolute atomic E-state index is 0.0141. The molecule has 1 aromatic heterocycles. The Kier molecular flexibility index (Phi) is 9.29. The van der Waals surface area contributed by atoms with E-state index in [1.54, 1.807) is 49.6 Å². The number of hydrogen-bond acceptors (Lipinski definition) is 6. The molecule has 2 N–H and O–H groups in total. The number of H-pyrrole nitrogens is 1. The minimum atomic E-state index is -1.07. The summed E-state index contributed by atoms with van der Waals surface area (Å²) in [5.41, 5.74) is 3.04. The number of nitrogens with one attached hydrogen (secondary N) is 2. The van der Waals surface area contributed by atoms with Crippen molar-refractivity contribution in [1.82, 2.24) is 10.3 Å². The van der Waals surface area contributed by atoms with Crippen molar-refractivity contribution in [3.05, 3.63) is 89.6 Å². The number of amides is 2. The van der Waals surface area contributed by atoms with Crippen molar-refractivity contribution in [3.8, 4) is 11.5 Å². The van der Waals surface area contributed by atoms with E-state index in [1.807, 2.05) is 30.5 Å². The first-order chi connectivity index (χ1) is 20.9. The number of aromatic nitrogens is 1. The van der Waals surface area contributed by atoms with Crippen LogP contribution in [0.15, 0.2) is 72.9 Å². The van der Waals surface area contributed by atoms with Crippen LogP contribution in [0.4, 0.5) is 5.69 Å². The summed E-state index contributed by atoms with van der Waals surface area (Å²) >= 11 is 0. The van der Waals surface area contributed by atoms with Crippen molar-refractivity contribution in [1.29, 1.82) is 0 Å². The third-order valence-corrected chi connectivity index (χ3v) is 8.05. The molecule has 4 aromatic rings. The number of benzene rings is 3. The van der Waals surface area contributed by atoms with E-state index < -0.39 is 12.0 Å². The summed E-state index contributed by atoms with van der Waals surface area (Å²) in [7, 11) is 4.40. The summed E-state index contributed by atoms with van der Waals surface area (Å²) in [6.07, 6.45) is 6.86. The zero-order valence-electron chi connectivity index (χ0n) is 24.7. The molecule has 1 heterocycles. The second kappa shape index (κ2) is 13.5. The summed E-state index contributed by atoms with van der Waals surface area (Å²) in [5, 5.41) is 4.16. The number of hydrogen-bond donors (Lipinski definition) is 2. The van der Waals surface area contributed by atoms with Crippen LogP contribution >= 0.6 is 0 Å². The molecule has 0 radical (unpaired) electrons. The monoisotopic (exact) mass is 583 g/mol. The van der Waals surface area contributed by atoms with Gasteiger partial charge in [-0.25, -0.2) is 4.79 Å². The van der Waals surface area contributed by atoms with Crippen LogP contribution in [0.5, 0.6) is 11.5 Å². The van der Waals surface area contributed by atoms with Crippen LogP contribution in [0, 0.1) is 0 Å². The lowest BCUT2D eigenvalue weighted by molar-refractivity contribution is -0.127. The van der Waals surface area contributed by atoms with Crippen LogP contribution in [0.1, 0.15) is 59.6 Å². The Bertz CT molecular complexity index is 1590. The zero-order chi connectivity index (χ0) is 30.3. The molecule has 9 heteroatoms. The molecule has 1 atom stereocenters. The average Bonchev–Trinajstić information content (AvgIpc) is 3.45. The molecule has 3 aromatic carbocycles. The molecule has 224 valence electrons. The van der Waals surface area contributed by atoms with Gasteiger partial charge in [-0.2, -0.15) is 0 Å². The maximum atomic E-state index is 14.4. The van der Waals surface area contributed by atoms with Crippen molar-refractivity contribution >= 4 is 34.4 Å². The molecule has 0 spiro atoms. The molecule has 5 rings (SSSR count). The number of rotatable bonds is 10. The van der Waals surface area contributed by atoms with Gasteiger partial charge in [0.1, 0.15) is 17.5 Å². The first kappa shape index (κ1) is 29.7. The van der Waals surface area contributed by atoms with E-state index in [2.05, 4.69) is 10.3 Å². The fourth-order valence-corrected chi connectivity index (χ4v) is 5.81. The van der Waals surface area contributed by atoms with Gasteiger partial charge in [-0.15, -0.1) is 0 Å². The number of esters is 1. The van der Waals surface area contributed by atoms with Gasteiger partial charge in [0.05, 0.1) is 33.3 Å². The van der Waals surface area contributed by atoms with Crippen LogP contribution in [-0.4, -0.2) is 50.1 Å². The molecule has 0 bridgehead atoms. The largest absolute Gasteiger partial charge is 0.497 e. The number of para-hydroxylation sites is 1. The number of fused-ring (bicyclic) bond motifs is 1. The van der Waals surface area contributed by atoms with Crippen LogP contribution in [0.3, 0.4) is 0 Å². The SMILES string of the molecule is COC(=O)c1ccc(N(C(=O)Cc2c[nH]c3ccccc23)[C@@H](C(=O)NC2CCCCC2)c2ccc(OC)cc2OC)cc1. The molecule has 43 heavy (non-hydrogen) atoms. The highest BCUT2D eigenvalue weighted by Gasteiger charge is 2.36. The molecule has 1 saturated carbocycles. The van der Waals surface area contributed by atoms with Gasteiger partial charge in [0, 0.05) is 40.5 Å². The molecule has 1 aliphatic carbocycles. The first-order valence-electron chi connectivity index (χ1n) is 14.5. The van der Waals surface area contributed by atoms with Crippen molar-refractivity contribution in [3.63, 3.8) is 0 Å². The summed E-state index contributed by atoms with van der Waals surface area (Å²) in [5.74, 6) is -0.117. The van der Waals surface area contributed by atoms with Crippen molar-refractivity contribution < 1.29 is 28.6 Å². The Morgan fingerprint density at radius 3 is 2.37 bits per heavy atom. The van der Waals surface area contributed by atoms with Crippen LogP contribution < -0.4 is 19.7 Å². The number of carbonyl (C=O) groups is 3. The standard InChI is InChI=1S/C34H37N3O6/c1-41-26-17-18-28(30(20-26)42-2)32(33(39)36-24-9-5-4-6-10-24)37(25-15-13-22(14-16-25)34(40)43-3)31(38)19-23-21-35-29-12-8-7-11-27(23)29/h7-8,11-18,20-21,24,32,35H,4-6,9-10,19H2,1-3H3,(H,36,39)/t32-/m1/s1. The fourth-order valence-electron chi connectivity index (χ4n) is 5.81. The Labute approximate surface area is 251 Å². The second-order valence-corrected chi connectivity index (χ2v) is 10.7. The van der Waals surface area contributed by atoms with Gasteiger partial charge in [-0.3, -0.25) is 14.5 Å². The van der Waals surface area contributed by atoms with Crippen molar-refractivity contribution in [2.45, 2.75) is 50.6 Å². The number of carbonyl (C=O) groups excluding carboxylic acids is 3. The van der Waals surface area contributed by atoms with E-state index >= 15 is 0 Å². The summed E-state index contributed by atoms with van der Waals surface area (Å²) < 4.78 is 16.0. The molecule has 0 aliphatic heterocycles. The van der Waals surface area contributed by atoms with E-state index in [0.29, 0.717) is 28.3 Å². The highest BCUT2D eigenvalue weighted by molar-refractivity contribution is 6.04. The predicted molar refractivity (Wildman–Crippen MR) is 165 cm³/mol. The second-order valence-electron chi connectivity index (χ2n) is 10.7. The fraction of sp³-hybridized carbons (Fsp3) is 0.324. The van der Waals surface area contributed by atoms with E-state index in [-0.39, 0.29) is 24.3 Å². The van der Waals surface area contributed by atoms with E-state index in [9.17, 15) is 14.4 Å². The van der Waals surface area contributed by atoms with Crippen LogP contribution in [0.2, 0.25) is 0 Å². The van der Waals surface area contributed by atoms with Gasteiger partial charge in [-0.05, 0) is 60.9 Å². The van der Waals surface area contributed by atoms with Gasteiger partial charge >= 0.3 is 5.97 Å². The molecule has 1 fully saturated rings. The van der Waals surface area contributed by atoms with Crippen LogP contribution in [0.25, 0.3) is 10.9 Å². The number of aromatic amines is 1. The highest BCUT2D eigenvalue weighted by Crippen LogP contribution is 2.37. The molecule has 9 nitrogen and oxygen atoms in total. The smallest absolute Gasteiger partial charge is 0.337 e. The number of nitrogens with zero attached hydrogens (tertiary/aromatic N) is 1. The molecule has 0 saturated heterocycles. The highest BCUT2D eigenvalue weighted by atomic mass is 16.5. The summed E-state index contributed by atoms with van der Waals surface area (Å²) in [6, 6.07) is 18.5. The molecular weight excluding hydrogens is 546 g/mol. The number of anilines is 1. The summed E-state index contributed by atoms with van der Waals surface area (Å²) in [6.45, 7) is 0. The Morgan fingerprint density at radius 2 is 1.67 bits per heavy atom. The third kappa shape index (κ3) is 6.51. The maximum Gasteiger partial charge on any atom is 0.337 e. The predicted octanol–water partition coefficient (Wildman–Crippen LogP) is 5.74. The Balaban J connectivity index is 1.62. The minimum Gasteiger partial charge on any atom is -0.497 e. The van der Waals surface area contributed by atoms with Gasteiger partial charge < -0.3 is 24.5 Å². The summed E-state index contributed by atoms with van der Waals surface area (Å²) in [4.78, 5) is 45.7. The number of methoxy groups -OCH3 is 3. The van der Waals surface area contributed by atoms with E-state index in [1.165, 1.54) is 19.1 Å². The normalized spacial score (nSPS) is 14.1. The topological polar surface area (TPSA) is 110 Å². The van der Waals surface area contributed by atoms with Crippen molar-refractivity contribution in [2.75, 3.05) is 26.2 Å². The molecular formula is C34H37N3O6. The lowest BCUT2D eigenvalue weighted by Gasteiger charge is -2.34. The Hall–Kier alpha value is -4.79. The zero-order valence-corrected chi connectivity index (χ0v) is 24.7. The lowest BCUT2D eigenvalue weighted by Crippen LogP contribution is -2.47. The average molecular weight is 584 g/mol. The van der Waals surface area contributed by atoms with E-state index in [0.717, 1.165) is 48.6 Å². The number of ether oxygens (including phenoxy) is 3. The molecule has 0 unspecified atom stereocenters. The van der Waals surface area contributed by atoms with Gasteiger partial charge in [0.25, 0.3) is 0 Å². The Morgan fingerprint density at radius 1 is 0.930 bits per heavy atom. The van der Waals surface area contributed by atoms with Crippen molar-refractivity contribution in [2.24, 2.45) is 0 Å². The lowest BCUT2D eigenvalue weighted by atomic mass is 9.94. The van der Waals surface area contributed by atoms with Gasteiger partial charge in [-0.1, -0.05) is 37.5 Å². The van der Waals surface area contributed by atoms with Gasteiger partial charge in [0.2, 0.25) is 11.8 Å². The van der Waals surface area contributed by atoms with Crippen LogP contribution in [-0.2, 0) is 20.7 Å². The first-order valence-corrected chi connectivity index (χ1v) is 14.5. The molecule has 1 aliphatic rings. The van der Waals surface area contributed by atoms with Gasteiger partial charge in [0.15, 0.2) is 0 Å². The van der Waals surface area contributed by atoms with E-state index in [4.69, 9.17) is 14.2 Å². The third-order valence-electron chi connectivity index (χ3n) is 8.05. The quantitative estimate of drug-likeness (QED) is 0.231. The molecule has 2 amide bonds.